The monoisotopic (exact) mass is 293 g/mol. The van der Waals surface area contributed by atoms with Gasteiger partial charge in [-0.25, -0.2) is 9.78 Å². The fourth-order valence-electron chi connectivity index (χ4n) is 1.73. The first-order chi connectivity index (χ1) is 9.61. The first-order valence-electron chi connectivity index (χ1n) is 6.04. The molecule has 0 unspecified atom stereocenters. The molecule has 0 aromatic carbocycles. The summed E-state index contributed by atoms with van der Waals surface area (Å²) < 4.78 is 0. The molecule has 20 heavy (non-hydrogen) atoms. The number of carbonyl (C=O) groups is 1. The van der Waals surface area contributed by atoms with E-state index in [1.807, 2.05) is 18.0 Å². The van der Waals surface area contributed by atoms with Crippen molar-refractivity contribution in [3.8, 4) is 10.6 Å². The molecule has 2 aromatic rings. The van der Waals surface area contributed by atoms with Crippen molar-refractivity contribution in [3.63, 3.8) is 0 Å². The van der Waals surface area contributed by atoms with Gasteiger partial charge >= 0.3 is 5.97 Å². The maximum absolute atomic E-state index is 11.3. The summed E-state index contributed by atoms with van der Waals surface area (Å²) in [7, 11) is 1.82. The molecule has 2 aromatic heterocycles. The number of carboxylic acid groups (broad SMARTS) is 1. The standard InChI is InChI=1S/C13H15N3O3S/c1-16(5-6-17)8-10-11(13(18)19)15-12(20-10)9-3-2-4-14-7-9/h2-4,7,17H,5-6,8H2,1H3,(H,18,19). The summed E-state index contributed by atoms with van der Waals surface area (Å²) in [5, 5.41) is 18.8. The third-order valence-corrected chi connectivity index (χ3v) is 3.79. The number of nitrogens with zero attached hydrogens (tertiary/aromatic N) is 3. The van der Waals surface area contributed by atoms with Gasteiger partial charge in [0.05, 0.1) is 11.5 Å². The van der Waals surface area contributed by atoms with Gasteiger partial charge in [-0.3, -0.25) is 9.88 Å². The number of pyridine rings is 1. The van der Waals surface area contributed by atoms with Crippen molar-refractivity contribution in [3.05, 3.63) is 35.1 Å². The van der Waals surface area contributed by atoms with E-state index in [1.54, 1.807) is 18.5 Å². The molecule has 0 aliphatic heterocycles. The zero-order valence-electron chi connectivity index (χ0n) is 11.0. The van der Waals surface area contributed by atoms with Gasteiger partial charge in [-0.2, -0.15) is 0 Å². The van der Waals surface area contributed by atoms with Crippen LogP contribution >= 0.6 is 11.3 Å². The second kappa shape index (κ2) is 6.56. The van der Waals surface area contributed by atoms with Crippen molar-refractivity contribution in [2.24, 2.45) is 0 Å². The quantitative estimate of drug-likeness (QED) is 0.835. The van der Waals surface area contributed by atoms with E-state index in [9.17, 15) is 9.90 Å². The lowest BCUT2D eigenvalue weighted by Crippen LogP contribution is -2.22. The van der Waals surface area contributed by atoms with Gasteiger partial charge < -0.3 is 10.2 Å². The highest BCUT2D eigenvalue weighted by Gasteiger charge is 2.19. The van der Waals surface area contributed by atoms with Crippen LogP contribution in [-0.4, -0.2) is 51.2 Å². The topological polar surface area (TPSA) is 86.5 Å². The maximum Gasteiger partial charge on any atom is 0.355 e. The van der Waals surface area contributed by atoms with E-state index in [0.717, 1.165) is 5.56 Å². The molecule has 2 rings (SSSR count). The Morgan fingerprint density at radius 3 is 2.90 bits per heavy atom. The average molecular weight is 293 g/mol. The highest BCUT2D eigenvalue weighted by atomic mass is 32.1. The fourth-order valence-corrected chi connectivity index (χ4v) is 2.86. The Morgan fingerprint density at radius 1 is 1.50 bits per heavy atom. The molecule has 0 aliphatic rings. The molecular weight excluding hydrogens is 278 g/mol. The number of aliphatic hydroxyl groups is 1. The van der Waals surface area contributed by atoms with E-state index < -0.39 is 5.97 Å². The van der Waals surface area contributed by atoms with Crippen molar-refractivity contribution in [2.75, 3.05) is 20.2 Å². The molecule has 0 saturated heterocycles. The largest absolute Gasteiger partial charge is 0.476 e. The zero-order valence-corrected chi connectivity index (χ0v) is 11.8. The number of hydrogen-bond donors (Lipinski definition) is 2. The Morgan fingerprint density at radius 2 is 2.30 bits per heavy atom. The van der Waals surface area contributed by atoms with Crippen LogP contribution in [0.3, 0.4) is 0 Å². The Bertz CT molecular complexity index is 586. The molecule has 0 saturated carbocycles. The first-order valence-corrected chi connectivity index (χ1v) is 6.86. The smallest absolute Gasteiger partial charge is 0.355 e. The molecule has 0 amide bonds. The molecule has 0 bridgehead atoms. The van der Waals surface area contributed by atoms with Crippen LogP contribution in [0.4, 0.5) is 0 Å². The second-order valence-corrected chi connectivity index (χ2v) is 5.38. The Labute approximate surface area is 120 Å². The molecule has 6 nitrogen and oxygen atoms in total. The summed E-state index contributed by atoms with van der Waals surface area (Å²) in [6.45, 7) is 0.965. The van der Waals surface area contributed by atoms with Crippen molar-refractivity contribution in [2.45, 2.75) is 6.54 Å². The molecule has 2 heterocycles. The van der Waals surface area contributed by atoms with Crippen LogP contribution in [0.1, 0.15) is 15.4 Å². The van der Waals surface area contributed by atoms with Gasteiger partial charge in [0.1, 0.15) is 5.01 Å². The van der Waals surface area contributed by atoms with Crippen LogP contribution in [0.15, 0.2) is 24.5 Å². The number of carboxylic acids is 1. The minimum Gasteiger partial charge on any atom is -0.476 e. The second-order valence-electron chi connectivity index (χ2n) is 4.30. The molecular formula is C13H15N3O3S. The van der Waals surface area contributed by atoms with Gasteiger partial charge in [-0.05, 0) is 19.2 Å². The highest BCUT2D eigenvalue weighted by molar-refractivity contribution is 7.15. The lowest BCUT2D eigenvalue weighted by atomic mass is 10.3. The van der Waals surface area contributed by atoms with Crippen LogP contribution < -0.4 is 0 Å². The molecule has 106 valence electrons. The Hall–Kier alpha value is -1.83. The molecule has 0 spiro atoms. The molecule has 7 heteroatoms. The van der Waals surface area contributed by atoms with Gasteiger partial charge in [-0.1, -0.05) is 0 Å². The maximum atomic E-state index is 11.3. The Kier molecular flexibility index (Phi) is 4.78. The van der Waals surface area contributed by atoms with E-state index in [1.165, 1.54) is 11.3 Å². The average Bonchev–Trinajstić information content (AvgIpc) is 2.84. The van der Waals surface area contributed by atoms with Gasteiger partial charge in [0.2, 0.25) is 0 Å². The number of aromatic carboxylic acids is 1. The lowest BCUT2D eigenvalue weighted by molar-refractivity contribution is 0.0689. The molecule has 0 aliphatic carbocycles. The van der Waals surface area contributed by atoms with E-state index in [2.05, 4.69) is 9.97 Å². The first kappa shape index (κ1) is 14.6. The van der Waals surface area contributed by atoms with E-state index in [4.69, 9.17) is 5.11 Å². The number of hydrogen-bond acceptors (Lipinski definition) is 6. The van der Waals surface area contributed by atoms with Crippen molar-refractivity contribution >= 4 is 17.3 Å². The zero-order chi connectivity index (χ0) is 14.5. The van der Waals surface area contributed by atoms with Crippen LogP contribution in [-0.2, 0) is 6.54 Å². The van der Waals surface area contributed by atoms with E-state index in [-0.39, 0.29) is 12.3 Å². The third kappa shape index (κ3) is 3.38. The van der Waals surface area contributed by atoms with Crippen LogP contribution in [0.5, 0.6) is 0 Å². The Balaban J connectivity index is 2.31. The predicted octanol–water partition coefficient (Wildman–Crippen LogP) is 1.33. The van der Waals surface area contributed by atoms with Gasteiger partial charge in [0, 0.05) is 31.0 Å². The summed E-state index contributed by atoms with van der Waals surface area (Å²) in [4.78, 5) is 22.0. The van der Waals surface area contributed by atoms with Crippen molar-refractivity contribution < 1.29 is 15.0 Å². The predicted molar refractivity (Wildman–Crippen MR) is 75.7 cm³/mol. The number of likely N-dealkylation sites (N-methyl/N-ethyl adjacent to an activating group) is 1. The summed E-state index contributed by atoms with van der Waals surface area (Å²) in [6.07, 6.45) is 3.32. The summed E-state index contributed by atoms with van der Waals surface area (Å²) in [6, 6.07) is 3.63. The van der Waals surface area contributed by atoms with Gasteiger partial charge in [0.25, 0.3) is 0 Å². The minimum absolute atomic E-state index is 0.0349. The van der Waals surface area contributed by atoms with Crippen LogP contribution in [0, 0.1) is 0 Å². The number of thiazole rings is 1. The van der Waals surface area contributed by atoms with Crippen LogP contribution in [0.25, 0.3) is 10.6 Å². The molecule has 0 radical (unpaired) electrons. The van der Waals surface area contributed by atoms with E-state index in [0.29, 0.717) is 23.0 Å². The van der Waals surface area contributed by atoms with E-state index >= 15 is 0 Å². The molecule has 0 fully saturated rings. The number of rotatable bonds is 6. The normalized spacial score (nSPS) is 10.9. The van der Waals surface area contributed by atoms with Crippen molar-refractivity contribution in [1.29, 1.82) is 0 Å². The summed E-state index contributed by atoms with van der Waals surface area (Å²) in [5.74, 6) is -1.04. The fraction of sp³-hybridized carbons (Fsp3) is 0.308. The lowest BCUT2D eigenvalue weighted by Gasteiger charge is -2.13. The third-order valence-electron chi connectivity index (χ3n) is 2.70. The highest BCUT2D eigenvalue weighted by Crippen LogP contribution is 2.28. The SMILES string of the molecule is CN(CCO)Cc1sc(-c2cccnc2)nc1C(=O)O. The van der Waals surface area contributed by atoms with Gasteiger partial charge in [0.15, 0.2) is 5.69 Å². The van der Waals surface area contributed by atoms with Gasteiger partial charge in [-0.15, -0.1) is 11.3 Å². The van der Waals surface area contributed by atoms with Crippen molar-refractivity contribution in [1.82, 2.24) is 14.9 Å². The summed E-state index contributed by atoms with van der Waals surface area (Å²) >= 11 is 1.34. The summed E-state index contributed by atoms with van der Waals surface area (Å²) in [5.41, 5.74) is 0.870. The van der Waals surface area contributed by atoms with Crippen LogP contribution in [0.2, 0.25) is 0 Å². The number of aliphatic hydroxyl groups excluding tert-OH is 1. The number of aromatic nitrogens is 2. The molecule has 0 atom stereocenters. The molecule has 2 N–H and O–H groups in total. The minimum atomic E-state index is -1.04.